The van der Waals surface area contributed by atoms with E-state index in [1.165, 1.54) is 4.88 Å². The van der Waals surface area contributed by atoms with Gasteiger partial charge in [-0.1, -0.05) is 12.1 Å². The van der Waals surface area contributed by atoms with Crippen molar-refractivity contribution in [2.75, 3.05) is 13.1 Å². The molecule has 0 fully saturated rings. The third-order valence-corrected chi connectivity index (χ3v) is 4.25. The third kappa shape index (κ3) is 3.85. The van der Waals surface area contributed by atoms with E-state index in [1.807, 2.05) is 46.4 Å². The van der Waals surface area contributed by atoms with E-state index in [2.05, 4.69) is 21.7 Å². The summed E-state index contributed by atoms with van der Waals surface area (Å²) in [6.45, 7) is 1.23. The molecule has 3 rings (SSSR count). The highest BCUT2D eigenvalue weighted by atomic mass is 32.1. The molecule has 0 atom stereocenters. The van der Waals surface area contributed by atoms with Gasteiger partial charge in [-0.25, -0.2) is 9.78 Å². The average molecular weight is 314 g/mol. The second kappa shape index (κ2) is 7.09. The van der Waals surface area contributed by atoms with Crippen LogP contribution in [0.15, 0.2) is 48.1 Å². The number of imidazole rings is 1. The van der Waals surface area contributed by atoms with Crippen molar-refractivity contribution >= 4 is 23.0 Å². The van der Waals surface area contributed by atoms with Crippen LogP contribution in [-0.2, 0) is 12.8 Å². The zero-order chi connectivity index (χ0) is 15.2. The lowest BCUT2D eigenvalue weighted by Gasteiger charge is -2.06. The number of aromatic nitrogens is 2. The molecule has 6 heteroatoms. The largest absolute Gasteiger partial charge is 0.338 e. The van der Waals surface area contributed by atoms with E-state index in [0.717, 1.165) is 24.2 Å². The fourth-order valence-electron chi connectivity index (χ4n) is 2.23. The Balaban J connectivity index is 1.38. The smallest absolute Gasteiger partial charge is 0.314 e. The van der Waals surface area contributed by atoms with Gasteiger partial charge in [0.15, 0.2) is 0 Å². The van der Waals surface area contributed by atoms with Gasteiger partial charge >= 0.3 is 6.03 Å². The number of carbonyl (C=O) groups is 1. The molecule has 114 valence electrons. The SMILES string of the molecule is O=C(NCCc1cn2ccccc2n1)NCCc1cccs1. The summed E-state index contributed by atoms with van der Waals surface area (Å²) in [5.74, 6) is 0. The normalized spacial score (nSPS) is 10.7. The Bertz CT molecular complexity index is 703. The van der Waals surface area contributed by atoms with Crippen LogP contribution in [0.2, 0.25) is 0 Å². The summed E-state index contributed by atoms with van der Waals surface area (Å²) in [6.07, 6.45) is 5.56. The fourth-order valence-corrected chi connectivity index (χ4v) is 2.94. The van der Waals surface area contributed by atoms with E-state index in [1.54, 1.807) is 11.3 Å². The Morgan fingerprint density at radius 3 is 2.77 bits per heavy atom. The van der Waals surface area contributed by atoms with Crippen molar-refractivity contribution in [3.05, 3.63) is 58.7 Å². The standard InChI is InChI=1S/C16H18N4OS/c21-16(18-9-7-14-4-3-11-22-14)17-8-6-13-12-20-10-2-1-5-15(20)19-13/h1-5,10-12H,6-9H2,(H2,17,18,21). The number of hydrogen-bond donors (Lipinski definition) is 2. The van der Waals surface area contributed by atoms with Gasteiger partial charge in [-0.2, -0.15) is 0 Å². The number of thiophene rings is 1. The molecule has 0 saturated heterocycles. The second-order valence-electron chi connectivity index (χ2n) is 4.96. The molecular weight excluding hydrogens is 296 g/mol. The number of fused-ring (bicyclic) bond motifs is 1. The molecule has 0 aromatic carbocycles. The van der Waals surface area contributed by atoms with Crippen molar-refractivity contribution in [2.24, 2.45) is 0 Å². The van der Waals surface area contributed by atoms with E-state index >= 15 is 0 Å². The quantitative estimate of drug-likeness (QED) is 0.734. The molecule has 0 bridgehead atoms. The van der Waals surface area contributed by atoms with Crippen molar-refractivity contribution in [3.8, 4) is 0 Å². The lowest BCUT2D eigenvalue weighted by molar-refractivity contribution is 0.241. The summed E-state index contributed by atoms with van der Waals surface area (Å²) in [6, 6.07) is 9.88. The molecule has 22 heavy (non-hydrogen) atoms. The lowest BCUT2D eigenvalue weighted by Crippen LogP contribution is -2.37. The summed E-state index contributed by atoms with van der Waals surface area (Å²) in [5, 5.41) is 7.77. The van der Waals surface area contributed by atoms with Crippen LogP contribution in [0.5, 0.6) is 0 Å². The summed E-state index contributed by atoms with van der Waals surface area (Å²) in [4.78, 5) is 17.5. The Kier molecular flexibility index (Phi) is 4.70. The highest BCUT2D eigenvalue weighted by molar-refractivity contribution is 7.09. The first-order valence-electron chi connectivity index (χ1n) is 7.28. The minimum Gasteiger partial charge on any atom is -0.338 e. The molecule has 0 spiro atoms. The zero-order valence-corrected chi connectivity index (χ0v) is 13.0. The predicted molar refractivity (Wildman–Crippen MR) is 88.3 cm³/mol. The molecule has 3 aromatic heterocycles. The van der Waals surface area contributed by atoms with Crippen molar-refractivity contribution in [1.82, 2.24) is 20.0 Å². The van der Waals surface area contributed by atoms with E-state index in [-0.39, 0.29) is 6.03 Å². The maximum absolute atomic E-state index is 11.7. The van der Waals surface area contributed by atoms with Crippen molar-refractivity contribution < 1.29 is 4.79 Å². The Morgan fingerprint density at radius 2 is 2.00 bits per heavy atom. The molecule has 2 N–H and O–H groups in total. The number of nitrogens with zero attached hydrogens (tertiary/aromatic N) is 2. The van der Waals surface area contributed by atoms with E-state index < -0.39 is 0 Å². The van der Waals surface area contributed by atoms with E-state index in [4.69, 9.17) is 0 Å². The first-order chi connectivity index (χ1) is 10.8. The Morgan fingerprint density at radius 1 is 1.14 bits per heavy atom. The summed E-state index contributed by atoms with van der Waals surface area (Å²) in [7, 11) is 0. The van der Waals surface area contributed by atoms with Gasteiger partial charge in [0.25, 0.3) is 0 Å². The van der Waals surface area contributed by atoms with Gasteiger partial charge < -0.3 is 15.0 Å². The zero-order valence-electron chi connectivity index (χ0n) is 12.2. The summed E-state index contributed by atoms with van der Waals surface area (Å²) in [5.41, 5.74) is 1.91. The number of hydrogen-bond acceptors (Lipinski definition) is 3. The van der Waals surface area contributed by atoms with Crippen LogP contribution >= 0.6 is 11.3 Å². The van der Waals surface area contributed by atoms with Gasteiger partial charge in [0, 0.05) is 36.8 Å². The first kappa shape index (κ1) is 14.6. The molecule has 3 aromatic rings. The van der Waals surface area contributed by atoms with Crippen molar-refractivity contribution in [2.45, 2.75) is 12.8 Å². The van der Waals surface area contributed by atoms with Crippen LogP contribution in [0.1, 0.15) is 10.6 Å². The number of nitrogens with one attached hydrogen (secondary N) is 2. The summed E-state index contributed by atoms with van der Waals surface area (Å²) >= 11 is 1.71. The van der Waals surface area contributed by atoms with Crippen LogP contribution in [0.3, 0.4) is 0 Å². The van der Waals surface area contributed by atoms with Gasteiger partial charge in [-0.3, -0.25) is 0 Å². The van der Waals surface area contributed by atoms with E-state index in [9.17, 15) is 4.79 Å². The maximum atomic E-state index is 11.7. The number of amides is 2. The molecule has 0 unspecified atom stereocenters. The molecule has 0 aliphatic rings. The predicted octanol–water partition coefficient (Wildman–Crippen LogP) is 2.48. The van der Waals surface area contributed by atoms with Crippen LogP contribution in [0.25, 0.3) is 5.65 Å². The Labute approximate surface area is 133 Å². The molecular formula is C16H18N4OS. The minimum absolute atomic E-state index is 0.125. The number of pyridine rings is 1. The number of urea groups is 1. The van der Waals surface area contributed by atoms with Crippen LogP contribution in [0.4, 0.5) is 4.79 Å². The monoisotopic (exact) mass is 314 g/mol. The van der Waals surface area contributed by atoms with Crippen LogP contribution < -0.4 is 10.6 Å². The van der Waals surface area contributed by atoms with Crippen LogP contribution in [-0.4, -0.2) is 28.5 Å². The van der Waals surface area contributed by atoms with E-state index in [0.29, 0.717) is 13.1 Å². The lowest BCUT2D eigenvalue weighted by atomic mass is 10.3. The average Bonchev–Trinajstić information content (AvgIpc) is 3.15. The second-order valence-corrected chi connectivity index (χ2v) is 5.99. The molecule has 3 heterocycles. The van der Waals surface area contributed by atoms with Crippen LogP contribution in [0, 0.1) is 0 Å². The molecule has 2 amide bonds. The van der Waals surface area contributed by atoms with Gasteiger partial charge in [0.1, 0.15) is 5.65 Å². The topological polar surface area (TPSA) is 58.4 Å². The molecule has 5 nitrogen and oxygen atoms in total. The molecule has 0 aliphatic carbocycles. The molecule has 0 aliphatic heterocycles. The third-order valence-electron chi connectivity index (χ3n) is 3.32. The Hall–Kier alpha value is -2.34. The van der Waals surface area contributed by atoms with Gasteiger partial charge in [0.05, 0.1) is 5.69 Å². The van der Waals surface area contributed by atoms with Crippen molar-refractivity contribution in [3.63, 3.8) is 0 Å². The number of rotatable bonds is 6. The van der Waals surface area contributed by atoms with Gasteiger partial charge in [-0.15, -0.1) is 11.3 Å². The highest BCUT2D eigenvalue weighted by Gasteiger charge is 2.03. The molecule has 0 saturated carbocycles. The first-order valence-corrected chi connectivity index (χ1v) is 8.16. The number of carbonyl (C=O) groups excluding carboxylic acids is 1. The summed E-state index contributed by atoms with van der Waals surface area (Å²) < 4.78 is 1.98. The van der Waals surface area contributed by atoms with Gasteiger partial charge in [0.2, 0.25) is 0 Å². The van der Waals surface area contributed by atoms with Crippen molar-refractivity contribution in [1.29, 1.82) is 0 Å². The highest BCUT2D eigenvalue weighted by Crippen LogP contribution is 2.08. The molecule has 0 radical (unpaired) electrons. The van der Waals surface area contributed by atoms with Gasteiger partial charge in [-0.05, 0) is 30.0 Å². The fraction of sp³-hybridized carbons (Fsp3) is 0.250. The maximum Gasteiger partial charge on any atom is 0.314 e. The minimum atomic E-state index is -0.125.